The van der Waals surface area contributed by atoms with Gasteiger partial charge in [-0.15, -0.1) is 0 Å². The van der Waals surface area contributed by atoms with Crippen LogP contribution in [0.5, 0.6) is 0 Å². The Balaban J connectivity index is 2.15. The Kier molecular flexibility index (Phi) is 3.67. The van der Waals surface area contributed by atoms with Gasteiger partial charge in [0.05, 0.1) is 10.6 Å². The maximum absolute atomic E-state index is 5.95. The molecule has 0 saturated heterocycles. The van der Waals surface area contributed by atoms with Gasteiger partial charge in [-0.25, -0.2) is 4.98 Å². The first-order valence-corrected chi connectivity index (χ1v) is 7.32. The van der Waals surface area contributed by atoms with Crippen LogP contribution in [-0.4, -0.2) is 17.0 Å². The number of halogens is 1. The van der Waals surface area contributed by atoms with Gasteiger partial charge in [0.2, 0.25) is 0 Å². The standard InChI is InChI=1S/C15H12ClN3S/c1-17-15-19-13(10-2-4-12(16)5-3-10)14(20-15)11-6-8-18-9-7-11/h2-9H,1H3,(H,17,19). The molecule has 0 fully saturated rings. The SMILES string of the molecule is CNc1nc(-c2ccc(Cl)cc2)c(-c2ccncc2)s1. The van der Waals surface area contributed by atoms with Crippen molar-refractivity contribution in [3.05, 3.63) is 53.8 Å². The lowest BCUT2D eigenvalue weighted by Gasteiger charge is -2.02. The van der Waals surface area contributed by atoms with Gasteiger partial charge in [0, 0.05) is 30.0 Å². The lowest BCUT2D eigenvalue weighted by atomic mass is 10.1. The number of nitrogens with zero attached hydrogens (tertiary/aromatic N) is 2. The van der Waals surface area contributed by atoms with Crippen LogP contribution >= 0.6 is 22.9 Å². The predicted molar refractivity (Wildman–Crippen MR) is 85.3 cm³/mol. The molecular weight excluding hydrogens is 290 g/mol. The van der Waals surface area contributed by atoms with E-state index < -0.39 is 0 Å². The Morgan fingerprint density at radius 3 is 2.35 bits per heavy atom. The van der Waals surface area contributed by atoms with Crippen LogP contribution in [0.4, 0.5) is 5.13 Å². The van der Waals surface area contributed by atoms with Crippen LogP contribution in [0.2, 0.25) is 5.02 Å². The minimum Gasteiger partial charge on any atom is -0.365 e. The highest BCUT2D eigenvalue weighted by atomic mass is 35.5. The lowest BCUT2D eigenvalue weighted by Crippen LogP contribution is -1.86. The van der Waals surface area contributed by atoms with Crippen molar-refractivity contribution in [1.82, 2.24) is 9.97 Å². The fourth-order valence-electron chi connectivity index (χ4n) is 1.93. The van der Waals surface area contributed by atoms with Crippen LogP contribution in [0.15, 0.2) is 48.8 Å². The molecule has 0 radical (unpaired) electrons. The number of rotatable bonds is 3. The topological polar surface area (TPSA) is 37.8 Å². The minimum absolute atomic E-state index is 0.725. The van der Waals surface area contributed by atoms with E-state index in [0.29, 0.717) is 0 Å². The Morgan fingerprint density at radius 1 is 1.00 bits per heavy atom. The van der Waals surface area contributed by atoms with Crippen LogP contribution in [0.1, 0.15) is 0 Å². The average Bonchev–Trinajstić information content (AvgIpc) is 2.93. The third-order valence-corrected chi connectivity index (χ3v) is 4.28. The molecule has 0 saturated carbocycles. The first kappa shape index (κ1) is 13.1. The van der Waals surface area contributed by atoms with Gasteiger partial charge in [0.1, 0.15) is 0 Å². The Labute approximate surface area is 126 Å². The van der Waals surface area contributed by atoms with Gasteiger partial charge in [-0.2, -0.15) is 0 Å². The summed E-state index contributed by atoms with van der Waals surface area (Å²) in [5.41, 5.74) is 3.13. The molecule has 5 heteroatoms. The van der Waals surface area contributed by atoms with Crippen LogP contribution in [0, 0.1) is 0 Å². The molecule has 20 heavy (non-hydrogen) atoms. The van der Waals surface area contributed by atoms with E-state index in [9.17, 15) is 0 Å². The minimum atomic E-state index is 0.725. The summed E-state index contributed by atoms with van der Waals surface area (Å²) >= 11 is 7.58. The molecule has 0 unspecified atom stereocenters. The third-order valence-electron chi connectivity index (χ3n) is 2.90. The van der Waals surface area contributed by atoms with Gasteiger partial charge in [-0.1, -0.05) is 35.1 Å². The van der Waals surface area contributed by atoms with Crippen molar-refractivity contribution >= 4 is 28.1 Å². The molecule has 1 N–H and O–H groups in total. The second kappa shape index (κ2) is 5.61. The largest absolute Gasteiger partial charge is 0.365 e. The number of thiazole rings is 1. The predicted octanol–water partition coefficient (Wildman–Crippen LogP) is 4.57. The van der Waals surface area contributed by atoms with Gasteiger partial charge in [0.15, 0.2) is 5.13 Å². The molecular formula is C15H12ClN3S. The summed E-state index contributed by atoms with van der Waals surface area (Å²) in [6, 6.07) is 11.7. The molecule has 1 aromatic carbocycles. The quantitative estimate of drug-likeness (QED) is 0.770. The van der Waals surface area contributed by atoms with Crippen molar-refractivity contribution in [1.29, 1.82) is 0 Å². The van der Waals surface area contributed by atoms with E-state index in [4.69, 9.17) is 11.6 Å². The zero-order chi connectivity index (χ0) is 13.9. The van der Waals surface area contributed by atoms with E-state index in [0.717, 1.165) is 31.9 Å². The van der Waals surface area contributed by atoms with Gasteiger partial charge in [-0.3, -0.25) is 4.98 Å². The molecule has 2 heterocycles. The van der Waals surface area contributed by atoms with Crippen LogP contribution in [0.3, 0.4) is 0 Å². The summed E-state index contributed by atoms with van der Waals surface area (Å²) in [4.78, 5) is 9.84. The highest BCUT2D eigenvalue weighted by molar-refractivity contribution is 7.19. The summed E-state index contributed by atoms with van der Waals surface area (Å²) in [6.07, 6.45) is 3.58. The van der Waals surface area contributed by atoms with Crippen molar-refractivity contribution in [2.24, 2.45) is 0 Å². The van der Waals surface area contributed by atoms with E-state index in [1.807, 2.05) is 43.4 Å². The maximum atomic E-state index is 5.95. The van der Waals surface area contributed by atoms with Crippen molar-refractivity contribution in [3.63, 3.8) is 0 Å². The molecule has 0 atom stereocenters. The van der Waals surface area contributed by atoms with Crippen LogP contribution in [0.25, 0.3) is 21.7 Å². The molecule has 0 amide bonds. The zero-order valence-electron chi connectivity index (χ0n) is 10.8. The van der Waals surface area contributed by atoms with E-state index in [2.05, 4.69) is 15.3 Å². The first-order chi connectivity index (χ1) is 9.78. The lowest BCUT2D eigenvalue weighted by molar-refractivity contribution is 1.33. The normalized spacial score (nSPS) is 10.5. The van der Waals surface area contributed by atoms with E-state index >= 15 is 0 Å². The van der Waals surface area contributed by atoms with E-state index in [-0.39, 0.29) is 0 Å². The zero-order valence-corrected chi connectivity index (χ0v) is 12.4. The van der Waals surface area contributed by atoms with Crippen molar-refractivity contribution in [3.8, 4) is 21.7 Å². The Morgan fingerprint density at radius 2 is 1.70 bits per heavy atom. The highest BCUT2D eigenvalue weighted by Crippen LogP contribution is 2.38. The average molecular weight is 302 g/mol. The maximum Gasteiger partial charge on any atom is 0.183 e. The number of benzene rings is 1. The molecule has 0 bridgehead atoms. The second-order valence-electron chi connectivity index (χ2n) is 4.19. The molecule has 0 spiro atoms. The Hall–Kier alpha value is -1.91. The number of hydrogen-bond acceptors (Lipinski definition) is 4. The fraction of sp³-hybridized carbons (Fsp3) is 0.0667. The third kappa shape index (κ3) is 2.53. The monoisotopic (exact) mass is 301 g/mol. The number of hydrogen-bond donors (Lipinski definition) is 1. The number of aromatic nitrogens is 2. The second-order valence-corrected chi connectivity index (χ2v) is 5.63. The molecule has 3 rings (SSSR count). The molecule has 0 aliphatic rings. The van der Waals surface area contributed by atoms with Crippen molar-refractivity contribution in [2.75, 3.05) is 12.4 Å². The van der Waals surface area contributed by atoms with Crippen molar-refractivity contribution in [2.45, 2.75) is 0 Å². The van der Waals surface area contributed by atoms with E-state index in [1.54, 1.807) is 23.7 Å². The molecule has 100 valence electrons. The number of nitrogens with one attached hydrogen (secondary N) is 1. The smallest absolute Gasteiger partial charge is 0.183 e. The molecule has 0 aliphatic heterocycles. The summed E-state index contributed by atoms with van der Waals surface area (Å²) in [5.74, 6) is 0. The van der Waals surface area contributed by atoms with E-state index in [1.165, 1.54) is 0 Å². The van der Waals surface area contributed by atoms with Crippen LogP contribution in [-0.2, 0) is 0 Å². The van der Waals surface area contributed by atoms with Gasteiger partial charge < -0.3 is 5.32 Å². The first-order valence-electron chi connectivity index (χ1n) is 6.13. The molecule has 0 aliphatic carbocycles. The number of anilines is 1. The summed E-state index contributed by atoms with van der Waals surface area (Å²) in [6.45, 7) is 0. The van der Waals surface area contributed by atoms with Gasteiger partial charge in [0.25, 0.3) is 0 Å². The van der Waals surface area contributed by atoms with Gasteiger partial charge in [-0.05, 0) is 29.8 Å². The summed E-state index contributed by atoms with van der Waals surface area (Å²) in [7, 11) is 1.88. The summed E-state index contributed by atoms with van der Waals surface area (Å²) in [5, 5.41) is 4.72. The van der Waals surface area contributed by atoms with Crippen LogP contribution < -0.4 is 5.32 Å². The fourth-order valence-corrected chi connectivity index (χ4v) is 3.00. The summed E-state index contributed by atoms with van der Waals surface area (Å²) < 4.78 is 0. The van der Waals surface area contributed by atoms with Crippen molar-refractivity contribution < 1.29 is 0 Å². The Bertz CT molecular complexity index is 708. The molecule has 3 nitrogen and oxygen atoms in total. The molecule has 3 aromatic rings. The molecule has 2 aromatic heterocycles. The number of pyridine rings is 1. The van der Waals surface area contributed by atoms with Gasteiger partial charge >= 0.3 is 0 Å². The highest BCUT2D eigenvalue weighted by Gasteiger charge is 2.14.